The highest BCUT2D eigenvalue weighted by Gasteiger charge is 2.19. The Morgan fingerprint density at radius 1 is 1.43 bits per heavy atom. The minimum atomic E-state index is -1.11. The van der Waals surface area contributed by atoms with Gasteiger partial charge in [0.15, 0.2) is 0 Å². The molecule has 122 valence electrons. The lowest BCUT2D eigenvalue weighted by molar-refractivity contribution is -0.137. The molecule has 0 aliphatic carbocycles. The van der Waals surface area contributed by atoms with Gasteiger partial charge >= 0.3 is 5.97 Å². The number of carboxylic acids is 1. The molecule has 0 aliphatic rings. The number of hydrogen-bond acceptors (Lipinski definition) is 4. The number of rotatable bonds is 7. The highest BCUT2D eigenvalue weighted by Crippen LogP contribution is 2.22. The molecular weight excluding hydrogens is 327 g/mol. The highest BCUT2D eigenvalue weighted by atomic mass is 35.5. The summed E-state index contributed by atoms with van der Waals surface area (Å²) >= 11 is 5.61. The second kappa shape index (κ2) is 7.68. The van der Waals surface area contributed by atoms with Gasteiger partial charge in [0.2, 0.25) is 5.91 Å². The molecule has 2 N–H and O–H groups in total. The second-order valence-corrected chi connectivity index (χ2v) is 5.21. The van der Waals surface area contributed by atoms with Crippen LogP contribution in [-0.4, -0.2) is 31.7 Å². The third-order valence-electron chi connectivity index (χ3n) is 3.09. The molecule has 1 heterocycles. The van der Waals surface area contributed by atoms with Gasteiger partial charge in [-0.1, -0.05) is 17.7 Å². The van der Waals surface area contributed by atoms with Crippen LogP contribution in [0.15, 0.2) is 30.9 Å². The van der Waals surface area contributed by atoms with E-state index in [1.807, 2.05) is 0 Å². The molecule has 7 nitrogen and oxygen atoms in total. The Morgan fingerprint density at radius 2 is 2.22 bits per heavy atom. The summed E-state index contributed by atoms with van der Waals surface area (Å²) in [6, 6.07) is 3.08. The first-order chi connectivity index (χ1) is 11.0. The maximum Gasteiger partial charge on any atom is 0.305 e. The van der Waals surface area contributed by atoms with E-state index >= 15 is 0 Å². The van der Waals surface area contributed by atoms with Crippen LogP contribution < -0.4 is 5.32 Å². The highest BCUT2D eigenvalue weighted by molar-refractivity contribution is 6.30. The Hall–Kier alpha value is -2.48. The van der Waals surface area contributed by atoms with E-state index in [-0.39, 0.29) is 23.8 Å². The summed E-state index contributed by atoms with van der Waals surface area (Å²) < 4.78 is 15.0. The Kier molecular flexibility index (Phi) is 5.64. The second-order valence-electron chi connectivity index (χ2n) is 4.80. The molecule has 1 unspecified atom stereocenters. The van der Waals surface area contributed by atoms with E-state index in [9.17, 15) is 14.0 Å². The zero-order valence-corrected chi connectivity index (χ0v) is 12.7. The van der Waals surface area contributed by atoms with Crippen molar-refractivity contribution in [3.8, 4) is 0 Å². The van der Waals surface area contributed by atoms with E-state index in [1.165, 1.54) is 29.5 Å². The number of aliphatic carboxylic acids is 1. The first kappa shape index (κ1) is 16.9. The normalized spacial score (nSPS) is 11.9. The summed E-state index contributed by atoms with van der Waals surface area (Å²) in [5, 5.41) is 15.3. The number of carboxylic acid groups (broad SMARTS) is 1. The van der Waals surface area contributed by atoms with Crippen LogP contribution in [0.4, 0.5) is 4.39 Å². The van der Waals surface area contributed by atoms with Crippen LogP contribution in [0.3, 0.4) is 0 Å². The third-order valence-corrected chi connectivity index (χ3v) is 3.40. The van der Waals surface area contributed by atoms with Crippen molar-refractivity contribution in [2.24, 2.45) is 0 Å². The summed E-state index contributed by atoms with van der Waals surface area (Å²) in [5.74, 6) is -2.15. The first-order valence-electron chi connectivity index (χ1n) is 6.74. The van der Waals surface area contributed by atoms with Crippen LogP contribution in [0.5, 0.6) is 0 Å². The van der Waals surface area contributed by atoms with Gasteiger partial charge in [-0.2, -0.15) is 5.10 Å². The maximum atomic E-state index is 13.5. The van der Waals surface area contributed by atoms with E-state index in [0.29, 0.717) is 12.1 Å². The Balaban J connectivity index is 2.03. The van der Waals surface area contributed by atoms with Crippen molar-refractivity contribution in [1.82, 2.24) is 20.1 Å². The summed E-state index contributed by atoms with van der Waals surface area (Å²) in [4.78, 5) is 26.7. The molecule has 0 radical (unpaired) electrons. The number of amides is 1. The number of carbonyl (C=O) groups is 2. The van der Waals surface area contributed by atoms with Crippen molar-refractivity contribution < 1.29 is 19.1 Å². The number of nitrogens with zero attached hydrogens (tertiary/aromatic N) is 3. The van der Waals surface area contributed by atoms with Gasteiger partial charge in [-0.25, -0.2) is 9.37 Å². The molecule has 1 aromatic heterocycles. The molecule has 9 heteroatoms. The van der Waals surface area contributed by atoms with Crippen LogP contribution >= 0.6 is 11.6 Å². The Morgan fingerprint density at radius 3 is 2.83 bits per heavy atom. The molecule has 1 atom stereocenters. The SMILES string of the molecule is O=C(O)CC(NC(=O)CCn1cncn1)c1ccc(Cl)c(F)c1. The molecule has 2 rings (SSSR count). The topological polar surface area (TPSA) is 97.1 Å². The number of carbonyl (C=O) groups excluding carboxylic acids is 1. The van der Waals surface area contributed by atoms with Gasteiger partial charge in [0, 0.05) is 6.42 Å². The molecule has 0 saturated carbocycles. The van der Waals surface area contributed by atoms with E-state index in [0.717, 1.165) is 6.07 Å². The zero-order valence-electron chi connectivity index (χ0n) is 11.9. The number of halogens is 2. The third kappa shape index (κ3) is 5.03. The Labute approximate surface area is 136 Å². The van der Waals surface area contributed by atoms with E-state index in [2.05, 4.69) is 15.4 Å². The van der Waals surface area contributed by atoms with Gasteiger partial charge < -0.3 is 10.4 Å². The lowest BCUT2D eigenvalue weighted by Crippen LogP contribution is -2.31. The smallest absolute Gasteiger partial charge is 0.305 e. The van der Waals surface area contributed by atoms with E-state index < -0.39 is 17.8 Å². The van der Waals surface area contributed by atoms with Crippen molar-refractivity contribution in [2.45, 2.75) is 25.4 Å². The molecular formula is C14H14ClFN4O3. The minimum Gasteiger partial charge on any atom is -0.481 e. The van der Waals surface area contributed by atoms with Gasteiger partial charge in [-0.3, -0.25) is 14.3 Å². The summed E-state index contributed by atoms with van der Waals surface area (Å²) in [6.07, 6.45) is 2.55. The van der Waals surface area contributed by atoms with Crippen LogP contribution in [-0.2, 0) is 16.1 Å². The molecule has 23 heavy (non-hydrogen) atoms. The molecule has 0 fully saturated rings. The van der Waals surface area contributed by atoms with E-state index in [1.54, 1.807) is 0 Å². The van der Waals surface area contributed by atoms with Crippen molar-refractivity contribution in [1.29, 1.82) is 0 Å². The molecule has 0 bridgehead atoms. The van der Waals surface area contributed by atoms with Crippen molar-refractivity contribution in [2.75, 3.05) is 0 Å². The predicted octanol–water partition coefficient (Wildman–Crippen LogP) is 1.79. The average molecular weight is 341 g/mol. The summed E-state index contributed by atoms with van der Waals surface area (Å²) in [5.41, 5.74) is 0.336. The predicted molar refractivity (Wildman–Crippen MR) is 79.2 cm³/mol. The lowest BCUT2D eigenvalue weighted by atomic mass is 10.0. The standard InChI is InChI=1S/C14H14ClFN4O3/c15-10-2-1-9(5-11(10)16)12(6-14(22)23)19-13(21)3-4-20-8-17-7-18-20/h1-2,5,7-8,12H,3-4,6H2,(H,19,21)(H,22,23). The van der Waals surface area contributed by atoms with Gasteiger partial charge in [0.25, 0.3) is 0 Å². The number of benzene rings is 1. The molecule has 1 aromatic carbocycles. The fourth-order valence-corrected chi connectivity index (χ4v) is 2.10. The van der Waals surface area contributed by atoms with Gasteiger partial charge in [-0.15, -0.1) is 0 Å². The first-order valence-corrected chi connectivity index (χ1v) is 7.12. The summed E-state index contributed by atoms with van der Waals surface area (Å²) in [6.45, 7) is 0.306. The van der Waals surface area contributed by atoms with Crippen LogP contribution in [0.25, 0.3) is 0 Å². The maximum absolute atomic E-state index is 13.5. The number of hydrogen-bond donors (Lipinski definition) is 2. The number of aryl methyl sites for hydroxylation is 1. The van der Waals surface area contributed by atoms with Crippen LogP contribution in [0.2, 0.25) is 5.02 Å². The molecule has 1 amide bonds. The van der Waals surface area contributed by atoms with Crippen molar-refractivity contribution in [3.05, 3.63) is 47.3 Å². The van der Waals surface area contributed by atoms with E-state index in [4.69, 9.17) is 16.7 Å². The Bertz CT molecular complexity index is 693. The van der Waals surface area contributed by atoms with Crippen LogP contribution in [0, 0.1) is 5.82 Å². The van der Waals surface area contributed by atoms with Gasteiger partial charge in [0.1, 0.15) is 18.5 Å². The minimum absolute atomic E-state index is 0.0691. The quantitative estimate of drug-likeness (QED) is 0.801. The summed E-state index contributed by atoms with van der Waals surface area (Å²) in [7, 11) is 0. The van der Waals surface area contributed by atoms with Crippen LogP contribution in [0.1, 0.15) is 24.4 Å². The number of aromatic nitrogens is 3. The van der Waals surface area contributed by atoms with Gasteiger partial charge in [0.05, 0.1) is 24.0 Å². The zero-order chi connectivity index (χ0) is 16.8. The monoisotopic (exact) mass is 340 g/mol. The fraction of sp³-hybridized carbons (Fsp3) is 0.286. The van der Waals surface area contributed by atoms with Crippen molar-refractivity contribution in [3.63, 3.8) is 0 Å². The molecule has 2 aromatic rings. The molecule has 0 spiro atoms. The number of nitrogens with one attached hydrogen (secondary N) is 1. The fourth-order valence-electron chi connectivity index (χ4n) is 1.99. The average Bonchev–Trinajstić information content (AvgIpc) is 3.00. The van der Waals surface area contributed by atoms with Crippen molar-refractivity contribution >= 4 is 23.5 Å². The molecule has 0 saturated heterocycles. The lowest BCUT2D eigenvalue weighted by Gasteiger charge is -2.18. The largest absolute Gasteiger partial charge is 0.481 e. The van der Waals surface area contributed by atoms with Gasteiger partial charge in [-0.05, 0) is 17.7 Å². The molecule has 0 aliphatic heterocycles.